The van der Waals surface area contributed by atoms with Gasteiger partial charge in [0, 0.05) is 105 Å². The molecule has 11 rings (SSSR count). The van der Waals surface area contributed by atoms with Crippen molar-refractivity contribution >= 4 is 93.1 Å². The van der Waals surface area contributed by atoms with Crippen molar-refractivity contribution in [3.8, 4) is 0 Å². The van der Waals surface area contributed by atoms with Gasteiger partial charge in [-0.05, 0) is 190 Å². The van der Waals surface area contributed by atoms with Gasteiger partial charge in [-0.2, -0.15) is 0 Å². The SMILES string of the molecule is CCC(C)C(C(CC(=O)N1CCCC1C(OC)C(C)C(=O)NC(C(=O)NOCc1ccc(NC(=O)CCCCCN2CCC(C(=O)Nc3ccccccc4c(c3)C35Cc6nc7cc(C(=O)NCCOCCOCCC(=O)NC(C(=O)NCC(=O)Nc8ccc(CO)cc8)C(C)C)ccc7nc6CC43C5(C)CC)CC2)cc1)C(C)c1ccccc1)OC)N(C)C(=O)C(NC(=O)C(C(C)C)N(C)C)C(C)C. The Kier molecular flexibility index (Phi) is 39.7. The highest BCUT2D eigenvalue weighted by Gasteiger charge is 2.91. The zero-order valence-electron chi connectivity index (χ0n) is 85.0. The lowest BCUT2D eigenvalue weighted by Gasteiger charge is -2.41. The lowest BCUT2D eigenvalue weighted by atomic mass is 9.62. The van der Waals surface area contributed by atoms with Crippen LogP contribution in [0.2, 0.25) is 0 Å². The van der Waals surface area contributed by atoms with E-state index in [1.807, 2.05) is 128 Å². The first-order valence-electron chi connectivity index (χ1n) is 50.1. The highest BCUT2D eigenvalue weighted by Crippen LogP contribution is 2.90. The molecule has 0 spiro atoms. The monoisotopic (exact) mass is 1930 g/mol. The van der Waals surface area contributed by atoms with E-state index in [9.17, 15) is 57.8 Å². The molecule has 6 aromatic rings. The maximum Gasteiger partial charge on any atom is 0.266 e. The fraction of sp³-hybridized carbons (Fsp3) is 0.565. The summed E-state index contributed by atoms with van der Waals surface area (Å²) in [5, 5.41) is 32.7. The molecule has 32 heteroatoms. The van der Waals surface area contributed by atoms with Crippen molar-refractivity contribution in [1.82, 2.24) is 61.6 Å². The van der Waals surface area contributed by atoms with Gasteiger partial charge in [0.2, 0.25) is 53.2 Å². The van der Waals surface area contributed by atoms with Crippen molar-refractivity contribution in [3.05, 3.63) is 184 Å². The van der Waals surface area contributed by atoms with E-state index in [-0.39, 0.29) is 153 Å². The number of aliphatic hydroxyl groups is 1. The number of likely N-dealkylation sites (N-methyl/N-ethyl adjacent to an activating group) is 2. The van der Waals surface area contributed by atoms with Crippen LogP contribution in [0, 0.1) is 40.9 Å². The summed E-state index contributed by atoms with van der Waals surface area (Å²) in [6.45, 7) is 27.0. The van der Waals surface area contributed by atoms with E-state index in [4.69, 9.17) is 33.8 Å². The quantitative estimate of drug-likeness (QED) is 0.0125. The fourth-order valence-electron chi connectivity index (χ4n) is 21.6. The number of unbranched alkanes of at least 4 members (excludes halogenated alkanes) is 2. The maximum atomic E-state index is 14.7. The third kappa shape index (κ3) is 26.4. The summed E-state index contributed by atoms with van der Waals surface area (Å²) in [6, 6.07) is 38.9. The fourth-order valence-corrected chi connectivity index (χ4v) is 21.6. The number of hydrogen-bond donors (Lipinski definition) is 10. The minimum atomic E-state index is -1.09. The van der Waals surface area contributed by atoms with Crippen molar-refractivity contribution in [2.45, 2.75) is 251 Å². The molecule has 3 fully saturated rings. The van der Waals surface area contributed by atoms with E-state index in [1.165, 1.54) is 18.2 Å². The highest BCUT2D eigenvalue weighted by molar-refractivity contribution is 5.99. The second-order valence-electron chi connectivity index (χ2n) is 39.9. The molecule has 0 bridgehead atoms. The smallest absolute Gasteiger partial charge is 0.266 e. The number of amides is 11. The zero-order valence-corrected chi connectivity index (χ0v) is 85.0. The van der Waals surface area contributed by atoms with Crippen molar-refractivity contribution < 1.29 is 81.6 Å². The van der Waals surface area contributed by atoms with Gasteiger partial charge in [0.1, 0.15) is 18.1 Å². The topological polar surface area (TPSA) is 401 Å². The van der Waals surface area contributed by atoms with Crippen LogP contribution in [-0.4, -0.2) is 249 Å². The molecule has 11 amide bonds. The average Bonchev–Trinajstić information content (AvgIpc) is 1.40. The van der Waals surface area contributed by atoms with Gasteiger partial charge in [-0.1, -0.05) is 181 Å². The summed E-state index contributed by atoms with van der Waals surface area (Å²) in [5.74, 6) is -5.54. The van der Waals surface area contributed by atoms with Gasteiger partial charge in [0.05, 0.1) is 111 Å². The molecule has 14 unspecified atom stereocenters. The van der Waals surface area contributed by atoms with Crippen LogP contribution in [0.1, 0.15) is 216 Å². The summed E-state index contributed by atoms with van der Waals surface area (Å²) in [6.07, 6.45) is 6.95. The van der Waals surface area contributed by atoms with Crippen LogP contribution >= 0.6 is 0 Å². The van der Waals surface area contributed by atoms with E-state index < -0.39 is 83.9 Å². The molecule has 0 radical (unpaired) electrons. The van der Waals surface area contributed by atoms with E-state index in [0.29, 0.717) is 78.6 Å². The van der Waals surface area contributed by atoms with Crippen LogP contribution < -0.4 is 48.0 Å². The number of carbonyl (C=O) groups excluding carboxylic acids is 11. The summed E-state index contributed by atoms with van der Waals surface area (Å²) in [7, 11) is 8.47. The number of ether oxygens (including phenoxy) is 4. The molecule has 14 atom stereocenters. The molecule has 3 aliphatic carbocycles. The Labute approximate surface area is 825 Å². The first-order chi connectivity index (χ1) is 67.1. The van der Waals surface area contributed by atoms with Crippen LogP contribution in [0.15, 0.2) is 140 Å². The number of hydrogen-bond acceptors (Lipinski definition) is 21. The van der Waals surface area contributed by atoms with Gasteiger partial charge in [-0.25, -0.2) is 15.4 Å². The first kappa shape index (κ1) is 109. The van der Waals surface area contributed by atoms with Crippen LogP contribution in [0.5, 0.6) is 0 Å². The van der Waals surface area contributed by atoms with Gasteiger partial charge < -0.3 is 81.3 Å². The molecular formula is C108H151N15O17. The van der Waals surface area contributed by atoms with Gasteiger partial charge in [0.15, 0.2) is 0 Å². The molecular weight excluding hydrogens is 1780 g/mol. The standard InChI is InChI=1S/C108H151N15O17/c1-18-70(9)97(121(15)105(135)94(68(5)6)117-104(134)96(69(7)8)120(13)14)88(136-16)61-92(128)123-52-30-35-87(123)98(137-17)72(11)99(129)118-95(71(10)75-31-24-22-25-32-75)103(133)119-140-66-74-39-44-78(45-40-74)111-89(125)36-28-23-29-51-122-53-47-76(48-54-122)101(131)113-80-33-26-20-21-27-34-81-82(60-80)108-63-86-85(62-107(81,108)106(108,12)19-2)114-83-46-41-77(59-84(83)115-86)100(130)109-50-56-139-58-57-138-55-49-90(126)116-93(67(3)4)102(132)110-64-91(127)112-79-42-37-73(65-124)38-43-79/h20-22,24-27,31-34,37-46,59-60,67-72,76,87-88,93-98,124H,18-19,23,28-30,35-36,47-58,61-66H2,1-17H3,(H,109,130)(H,110,132)(H,111,125)(H,112,127)(H,113,131)(H,116,126)(H,117,134)(H,118,129)(H,119,133). The summed E-state index contributed by atoms with van der Waals surface area (Å²) in [4.78, 5) is 175. The van der Waals surface area contributed by atoms with Crippen molar-refractivity contribution in [3.63, 3.8) is 0 Å². The Morgan fingerprint density at radius 2 is 1.19 bits per heavy atom. The molecule has 3 heterocycles. The molecule has 1 saturated carbocycles. The summed E-state index contributed by atoms with van der Waals surface area (Å²) >= 11 is 0. The van der Waals surface area contributed by atoms with E-state index >= 15 is 0 Å². The normalized spacial score (nSPS) is 19.7. The number of benzene rings is 4. The van der Waals surface area contributed by atoms with Crippen molar-refractivity contribution in [2.75, 3.05) is 117 Å². The number of aliphatic hydroxyl groups excluding tert-OH is 1. The second kappa shape index (κ2) is 50.9. The van der Waals surface area contributed by atoms with E-state index in [1.54, 1.807) is 105 Å². The summed E-state index contributed by atoms with van der Waals surface area (Å²) < 4.78 is 23.6. The minimum Gasteiger partial charge on any atom is -0.392 e. The Bertz CT molecular complexity index is 5300. The van der Waals surface area contributed by atoms with Crippen LogP contribution in [-0.2, 0) is 109 Å². The first-order valence-corrected chi connectivity index (χ1v) is 50.1. The van der Waals surface area contributed by atoms with Crippen molar-refractivity contribution in [1.29, 1.82) is 0 Å². The number of carbonyl (C=O) groups is 11. The third-order valence-electron chi connectivity index (χ3n) is 29.7. The predicted molar refractivity (Wildman–Crippen MR) is 538 cm³/mol. The van der Waals surface area contributed by atoms with Crippen LogP contribution in [0.3, 0.4) is 0 Å². The number of piperidine rings is 1. The Morgan fingerprint density at radius 3 is 1.81 bits per heavy atom. The van der Waals surface area contributed by atoms with Gasteiger partial charge >= 0.3 is 0 Å². The van der Waals surface area contributed by atoms with Gasteiger partial charge in [-0.15, -0.1) is 0 Å². The number of nitrogens with one attached hydrogen (secondary N) is 9. The number of fused-ring (bicyclic) bond motifs is 3. The van der Waals surface area contributed by atoms with Gasteiger partial charge in [-0.3, -0.25) is 62.5 Å². The van der Waals surface area contributed by atoms with Crippen LogP contribution in [0.4, 0.5) is 17.1 Å². The summed E-state index contributed by atoms with van der Waals surface area (Å²) in [5.41, 5.74) is 12.3. The Hall–Kier alpha value is -11.2. The lowest BCUT2D eigenvalue weighted by molar-refractivity contribution is -0.148. The number of rotatable bonds is 51. The number of anilines is 3. The average molecular weight is 1930 g/mol. The second-order valence-corrected chi connectivity index (χ2v) is 39.9. The van der Waals surface area contributed by atoms with E-state index in [0.717, 1.165) is 86.4 Å². The highest BCUT2D eigenvalue weighted by atomic mass is 16.7. The number of aromatic nitrogens is 2. The number of methoxy groups -OCH3 is 2. The van der Waals surface area contributed by atoms with Crippen molar-refractivity contribution in [2.24, 2.45) is 40.9 Å². The van der Waals surface area contributed by atoms with Crippen LogP contribution in [0.25, 0.3) is 11.0 Å². The predicted octanol–water partition coefficient (Wildman–Crippen LogP) is 11.3. The maximum absolute atomic E-state index is 14.7. The molecule has 2 aliphatic heterocycles. The largest absolute Gasteiger partial charge is 0.392 e. The Balaban J connectivity index is 0.590. The molecule has 140 heavy (non-hydrogen) atoms. The number of likely N-dealkylation sites (tertiary alicyclic amines) is 2. The molecule has 10 N–H and O–H groups in total. The van der Waals surface area contributed by atoms with E-state index in [2.05, 4.69) is 85.0 Å². The molecule has 32 nitrogen and oxygen atoms in total. The molecule has 760 valence electrons. The molecule has 1 aromatic heterocycles. The zero-order chi connectivity index (χ0) is 101. The minimum absolute atomic E-state index is 0.000894. The third-order valence-corrected chi connectivity index (χ3v) is 29.7. The molecule has 2 saturated heterocycles. The number of nitrogens with zero attached hydrogens (tertiary/aromatic N) is 6. The Morgan fingerprint density at radius 1 is 0.564 bits per heavy atom. The number of hydroxylamine groups is 1. The molecule has 5 aliphatic rings. The molecule has 5 aromatic carbocycles. The lowest BCUT2D eigenvalue weighted by Crippen LogP contribution is -2.59. The van der Waals surface area contributed by atoms with Gasteiger partial charge in [0.25, 0.3) is 11.8 Å².